The lowest BCUT2D eigenvalue weighted by atomic mass is 9.97. The molecular formula is C13H21NO. The molecule has 0 aromatic heterocycles. The first kappa shape index (κ1) is 10.9. The average molecular weight is 207 g/mol. The van der Waals surface area contributed by atoms with Crippen LogP contribution in [0.15, 0.2) is 23.8 Å². The summed E-state index contributed by atoms with van der Waals surface area (Å²) in [6, 6.07) is 0. The van der Waals surface area contributed by atoms with Gasteiger partial charge in [-0.2, -0.15) is 0 Å². The summed E-state index contributed by atoms with van der Waals surface area (Å²) >= 11 is 0. The number of allylic oxidation sites excluding steroid dienone is 2. The zero-order chi connectivity index (χ0) is 10.7. The van der Waals surface area contributed by atoms with Gasteiger partial charge in [0.2, 0.25) is 0 Å². The highest BCUT2D eigenvalue weighted by atomic mass is 16.5. The van der Waals surface area contributed by atoms with Crippen molar-refractivity contribution in [3.05, 3.63) is 23.8 Å². The third kappa shape index (κ3) is 2.01. The van der Waals surface area contributed by atoms with Gasteiger partial charge in [0.05, 0.1) is 0 Å². The van der Waals surface area contributed by atoms with E-state index in [0.29, 0.717) is 0 Å². The van der Waals surface area contributed by atoms with E-state index in [1.54, 1.807) is 0 Å². The fourth-order valence-electron chi connectivity index (χ4n) is 2.52. The predicted molar refractivity (Wildman–Crippen MR) is 62.7 cm³/mol. The first-order valence-corrected chi connectivity index (χ1v) is 5.99. The topological polar surface area (TPSA) is 12.5 Å². The Morgan fingerprint density at radius 2 is 2.13 bits per heavy atom. The molecule has 1 aliphatic heterocycles. The molecule has 1 unspecified atom stereocenters. The summed E-state index contributed by atoms with van der Waals surface area (Å²) in [6.07, 6.45) is 11.5. The van der Waals surface area contributed by atoms with Crippen LogP contribution in [0.4, 0.5) is 0 Å². The van der Waals surface area contributed by atoms with Crippen molar-refractivity contribution < 1.29 is 4.74 Å². The van der Waals surface area contributed by atoms with E-state index < -0.39 is 0 Å². The Hall–Kier alpha value is -0.600. The summed E-state index contributed by atoms with van der Waals surface area (Å²) in [6.45, 7) is 4.55. The SMILES string of the molecule is CCC1=CCC(OC)(N2CCCC2)C=C1. The summed E-state index contributed by atoms with van der Waals surface area (Å²) in [7, 11) is 1.83. The van der Waals surface area contributed by atoms with Crippen LogP contribution in [-0.2, 0) is 4.74 Å². The van der Waals surface area contributed by atoms with Crippen LogP contribution in [0.5, 0.6) is 0 Å². The quantitative estimate of drug-likeness (QED) is 0.705. The molecule has 0 radical (unpaired) electrons. The van der Waals surface area contributed by atoms with Gasteiger partial charge >= 0.3 is 0 Å². The Balaban J connectivity index is 2.11. The molecule has 0 bridgehead atoms. The minimum atomic E-state index is -0.144. The van der Waals surface area contributed by atoms with Crippen LogP contribution in [0.2, 0.25) is 0 Å². The third-order valence-corrected chi connectivity index (χ3v) is 3.62. The minimum absolute atomic E-state index is 0.144. The highest BCUT2D eigenvalue weighted by Crippen LogP contribution is 2.31. The van der Waals surface area contributed by atoms with Crippen LogP contribution < -0.4 is 0 Å². The molecule has 2 nitrogen and oxygen atoms in total. The Kier molecular flexibility index (Phi) is 3.27. The van der Waals surface area contributed by atoms with Gasteiger partial charge in [-0.1, -0.05) is 24.6 Å². The number of ether oxygens (including phenoxy) is 1. The van der Waals surface area contributed by atoms with Crippen molar-refractivity contribution >= 4 is 0 Å². The Morgan fingerprint density at radius 3 is 2.60 bits per heavy atom. The third-order valence-electron chi connectivity index (χ3n) is 3.62. The Bertz CT molecular complexity index is 276. The van der Waals surface area contributed by atoms with Gasteiger partial charge in [0.25, 0.3) is 0 Å². The maximum Gasteiger partial charge on any atom is 0.144 e. The zero-order valence-corrected chi connectivity index (χ0v) is 9.83. The van der Waals surface area contributed by atoms with E-state index in [4.69, 9.17) is 4.74 Å². The predicted octanol–water partition coefficient (Wildman–Crippen LogP) is 2.72. The molecule has 84 valence electrons. The lowest BCUT2D eigenvalue weighted by Gasteiger charge is -2.39. The first-order chi connectivity index (χ1) is 7.30. The number of rotatable bonds is 3. The largest absolute Gasteiger partial charge is 0.360 e. The molecule has 1 aliphatic carbocycles. The monoisotopic (exact) mass is 207 g/mol. The average Bonchev–Trinajstić information content (AvgIpc) is 2.83. The van der Waals surface area contributed by atoms with Gasteiger partial charge in [-0.3, -0.25) is 4.90 Å². The van der Waals surface area contributed by atoms with Crippen LogP contribution in [0, 0.1) is 0 Å². The Labute approximate surface area is 92.6 Å². The van der Waals surface area contributed by atoms with E-state index in [1.165, 1.54) is 31.5 Å². The van der Waals surface area contributed by atoms with Crippen molar-refractivity contribution in [2.45, 2.75) is 38.3 Å². The van der Waals surface area contributed by atoms with Gasteiger partial charge in [-0.25, -0.2) is 0 Å². The lowest BCUT2D eigenvalue weighted by Crippen LogP contribution is -2.47. The van der Waals surface area contributed by atoms with Gasteiger partial charge in [0, 0.05) is 26.6 Å². The zero-order valence-electron chi connectivity index (χ0n) is 9.83. The van der Waals surface area contributed by atoms with Crippen molar-refractivity contribution in [1.29, 1.82) is 0 Å². The molecule has 1 heterocycles. The van der Waals surface area contributed by atoms with Crippen LogP contribution in [0.3, 0.4) is 0 Å². The van der Waals surface area contributed by atoms with Crippen LogP contribution >= 0.6 is 0 Å². The fraction of sp³-hybridized carbons (Fsp3) is 0.692. The van der Waals surface area contributed by atoms with E-state index in [1.807, 2.05) is 7.11 Å². The van der Waals surface area contributed by atoms with Crippen molar-refractivity contribution in [3.8, 4) is 0 Å². The molecule has 0 spiro atoms. The molecular weight excluding hydrogens is 186 g/mol. The molecule has 0 amide bonds. The Morgan fingerprint density at radius 1 is 1.40 bits per heavy atom. The van der Waals surface area contributed by atoms with E-state index >= 15 is 0 Å². The molecule has 15 heavy (non-hydrogen) atoms. The molecule has 1 atom stereocenters. The second-order valence-electron chi connectivity index (χ2n) is 4.41. The number of hydrogen-bond donors (Lipinski definition) is 0. The molecule has 0 N–H and O–H groups in total. The second-order valence-corrected chi connectivity index (χ2v) is 4.41. The van der Waals surface area contributed by atoms with E-state index in [9.17, 15) is 0 Å². The normalized spacial score (nSPS) is 32.0. The maximum atomic E-state index is 5.75. The number of nitrogens with zero attached hydrogens (tertiary/aromatic N) is 1. The molecule has 1 saturated heterocycles. The molecule has 1 fully saturated rings. The minimum Gasteiger partial charge on any atom is -0.360 e. The summed E-state index contributed by atoms with van der Waals surface area (Å²) in [5.41, 5.74) is 1.29. The molecule has 0 aromatic carbocycles. The van der Waals surface area contributed by atoms with Gasteiger partial charge in [-0.05, 0) is 25.3 Å². The highest BCUT2D eigenvalue weighted by Gasteiger charge is 2.36. The van der Waals surface area contributed by atoms with Crippen molar-refractivity contribution in [3.63, 3.8) is 0 Å². The van der Waals surface area contributed by atoms with Gasteiger partial charge in [0.15, 0.2) is 0 Å². The van der Waals surface area contributed by atoms with Crippen LogP contribution in [0.1, 0.15) is 32.6 Å². The van der Waals surface area contributed by atoms with Crippen LogP contribution in [-0.4, -0.2) is 30.8 Å². The number of methoxy groups -OCH3 is 1. The standard InChI is InChI=1S/C13H21NO/c1-3-12-6-8-13(15-2,9-7-12)14-10-4-5-11-14/h6-8H,3-5,9-11H2,1-2H3. The number of likely N-dealkylation sites (tertiary alicyclic amines) is 1. The molecule has 2 aliphatic rings. The highest BCUT2D eigenvalue weighted by molar-refractivity contribution is 5.27. The maximum absolute atomic E-state index is 5.75. The molecule has 0 saturated carbocycles. The summed E-state index contributed by atoms with van der Waals surface area (Å²) < 4.78 is 5.75. The van der Waals surface area contributed by atoms with Crippen molar-refractivity contribution in [2.75, 3.05) is 20.2 Å². The summed E-state index contributed by atoms with van der Waals surface area (Å²) in [5, 5.41) is 0. The van der Waals surface area contributed by atoms with Gasteiger partial charge < -0.3 is 4.74 Å². The summed E-state index contributed by atoms with van der Waals surface area (Å²) in [4.78, 5) is 2.46. The van der Waals surface area contributed by atoms with Crippen molar-refractivity contribution in [1.82, 2.24) is 4.90 Å². The van der Waals surface area contributed by atoms with Gasteiger partial charge in [-0.15, -0.1) is 0 Å². The molecule has 0 aromatic rings. The first-order valence-electron chi connectivity index (χ1n) is 5.99. The fourth-order valence-corrected chi connectivity index (χ4v) is 2.52. The molecule has 2 heteroatoms. The second kappa shape index (κ2) is 4.50. The molecule has 2 rings (SSSR count). The summed E-state index contributed by atoms with van der Waals surface area (Å²) in [5.74, 6) is 0. The number of hydrogen-bond acceptors (Lipinski definition) is 2. The van der Waals surface area contributed by atoms with Crippen LogP contribution in [0.25, 0.3) is 0 Å². The van der Waals surface area contributed by atoms with E-state index in [2.05, 4.69) is 30.1 Å². The van der Waals surface area contributed by atoms with Crippen molar-refractivity contribution in [2.24, 2.45) is 0 Å². The van der Waals surface area contributed by atoms with E-state index in [0.717, 1.165) is 12.8 Å². The van der Waals surface area contributed by atoms with Gasteiger partial charge in [0.1, 0.15) is 5.72 Å². The smallest absolute Gasteiger partial charge is 0.144 e. The lowest BCUT2D eigenvalue weighted by molar-refractivity contribution is -0.0868. The van der Waals surface area contributed by atoms with E-state index in [-0.39, 0.29) is 5.72 Å².